The molecular formula is C18H26N2O3. The van der Waals surface area contributed by atoms with E-state index in [0.29, 0.717) is 39.0 Å². The summed E-state index contributed by atoms with van der Waals surface area (Å²) in [6, 6.07) is 7.79. The second kappa shape index (κ2) is 7.99. The first kappa shape index (κ1) is 17.3. The van der Waals surface area contributed by atoms with Gasteiger partial charge in [0.25, 0.3) is 0 Å². The fourth-order valence-electron chi connectivity index (χ4n) is 2.85. The zero-order valence-corrected chi connectivity index (χ0v) is 14.2. The average molecular weight is 318 g/mol. The Balaban J connectivity index is 1.82. The third-order valence-corrected chi connectivity index (χ3v) is 4.24. The molecule has 0 N–H and O–H groups in total. The Morgan fingerprint density at radius 2 is 1.70 bits per heavy atom. The molecule has 2 rings (SSSR count). The van der Waals surface area contributed by atoms with E-state index in [1.54, 1.807) is 7.11 Å². The van der Waals surface area contributed by atoms with Gasteiger partial charge >= 0.3 is 0 Å². The number of rotatable bonds is 5. The van der Waals surface area contributed by atoms with Crippen molar-refractivity contribution in [3.63, 3.8) is 0 Å². The van der Waals surface area contributed by atoms with Gasteiger partial charge in [-0.05, 0) is 18.1 Å². The van der Waals surface area contributed by atoms with Crippen molar-refractivity contribution in [3.05, 3.63) is 29.8 Å². The van der Waals surface area contributed by atoms with E-state index >= 15 is 0 Å². The summed E-state index contributed by atoms with van der Waals surface area (Å²) in [5.74, 6) is 1.16. The third-order valence-electron chi connectivity index (χ3n) is 4.24. The summed E-state index contributed by atoms with van der Waals surface area (Å²) >= 11 is 0. The molecule has 1 aromatic carbocycles. The molecule has 1 saturated heterocycles. The van der Waals surface area contributed by atoms with Gasteiger partial charge in [-0.25, -0.2) is 0 Å². The summed E-state index contributed by atoms with van der Waals surface area (Å²) in [5.41, 5.74) is 1.05. The van der Waals surface area contributed by atoms with Gasteiger partial charge < -0.3 is 14.5 Å². The predicted molar refractivity (Wildman–Crippen MR) is 89.3 cm³/mol. The number of benzene rings is 1. The van der Waals surface area contributed by atoms with Crippen LogP contribution in [-0.4, -0.2) is 54.9 Å². The Morgan fingerprint density at radius 3 is 2.30 bits per heavy atom. The lowest BCUT2D eigenvalue weighted by Crippen LogP contribution is -2.51. The molecule has 1 aliphatic rings. The molecule has 5 heteroatoms. The van der Waals surface area contributed by atoms with Gasteiger partial charge in [0.1, 0.15) is 5.75 Å². The highest BCUT2D eigenvalue weighted by atomic mass is 16.5. The van der Waals surface area contributed by atoms with E-state index in [2.05, 4.69) is 0 Å². The van der Waals surface area contributed by atoms with Crippen molar-refractivity contribution in [1.29, 1.82) is 0 Å². The van der Waals surface area contributed by atoms with Crippen molar-refractivity contribution in [3.8, 4) is 5.75 Å². The van der Waals surface area contributed by atoms with Crippen LogP contribution in [0, 0.1) is 5.92 Å². The summed E-state index contributed by atoms with van der Waals surface area (Å²) in [6.07, 6.45) is 1.15. The van der Waals surface area contributed by atoms with Gasteiger partial charge in [0.05, 0.1) is 7.11 Å². The zero-order valence-electron chi connectivity index (χ0n) is 14.2. The van der Waals surface area contributed by atoms with Gasteiger partial charge in [-0.15, -0.1) is 0 Å². The van der Waals surface area contributed by atoms with E-state index in [1.807, 2.05) is 47.9 Å². The number of amides is 2. The molecule has 1 fully saturated rings. The van der Waals surface area contributed by atoms with Crippen molar-refractivity contribution in [2.45, 2.75) is 26.7 Å². The van der Waals surface area contributed by atoms with Gasteiger partial charge in [0, 0.05) is 38.5 Å². The van der Waals surface area contributed by atoms with E-state index in [1.165, 1.54) is 0 Å². The molecule has 0 atom stereocenters. The summed E-state index contributed by atoms with van der Waals surface area (Å²) in [6.45, 7) is 6.35. The molecule has 1 aliphatic heterocycles. The van der Waals surface area contributed by atoms with E-state index in [0.717, 1.165) is 11.3 Å². The molecule has 0 radical (unpaired) electrons. The molecule has 5 nitrogen and oxygen atoms in total. The fourth-order valence-corrected chi connectivity index (χ4v) is 2.85. The van der Waals surface area contributed by atoms with Crippen molar-refractivity contribution in [1.82, 2.24) is 9.80 Å². The average Bonchev–Trinajstić information content (AvgIpc) is 2.59. The minimum Gasteiger partial charge on any atom is -0.496 e. The summed E-state index contributed by atoms with van der Waals surface area (Å²) in [5, 5.41) is 0. The van der Waals surface area contributed by atoms with Crippen LogP contribution >= 0.6 is 0 Å². The molecule has 23 heavy (non-hydrogen) atoms. The number of methoxy groups -OCH3 is 1. The maximum Gasteiger partial charge on any atom is 0.225 e. The van der Waals surface area contributed by atoms with E-state index in [-0.39, 0.29) is 17.7 Å². The van der Waals surface area contributed by atoms with E-state index < -0.39 is 0 Å². The lowest BCUT2D eigenvalue weighted by atomic mass is 10.1. The first-order chi connectivity index (χ1) is 11.0. The third kappa shape index (κ3) is 4.47. The minimum atomic E-state index is 0.0165. The molecule has 1 aromatic rings. The van der Waals surface area contributed by atoms with Crippen LogP contribution in [0.4, 0.5) is 0 Å². The van der Waals surface area contributed by atoms with Crippen molar-refractivity contribution < 1.29 is 14.3 Å². The van der Waals surface area contributed by atoms with Crippen molar-refractivity contribution in [2.24, 2.45) is 5.92 Å². The van der Waals surface area contributed by atoms with Crippen LogP contribution in [0.25, 0.3) is 0 Å². The second-order valence-corrected chi connectivity index (χ2v) is 6.17. The number of ether oxygens (including phenoxy) is 1. The summed E-state index contributed by atoms with van der Waals surface area (Å²) in [7, 11) is 1.64. The van der Waals surface area contributed by atoms with E-state index in [9.17, 15) is 9.59 Å². The molecule has 0 aliphatic carbocycles. The minimum absolute atomic E-state index is 0.0165. The van der Waals surface area contributed by atoms with Crippen molar-refractivity contribution in [2.75, 3.05) is 33.3 Å². The Bertz CT molecular complexity index is 549. The largest absolute Gasteiger partial charge is 0.496 e. The lowest BCUT2D eigenvalue weighted by molar-refractivity contribution is -0.141. The summed E-state index contributed by atoms with van der Waals surface area (Å²) in [4.78, 5) is 28.0. The van der Waals surface area contributed by atoms with Crippen LogP contribution in [-0.2, 0) is 16.0 Å². The quantitative estimate of drug-likeness (QED) is 0.834. The van der Waals surface area contributed by atoms with Gasteiger partial charge in [0.15, 0.2) is 0 Å². The molecule has 0 aromatic heterocycles. The Morgan fingerprint density at radius 1 is 1.09 bits per heavy atom. The molecule has 1 heterocycles. The number of carbonyl (C=O) groups is 2. The zero-order chi connectivity index (χ0) is 16.8. The standard InChI is InChI=1S/C18H26N2O3/c1-14(2)18(22)20-12-10-19(11-13-20)17(21)9-8-15-6-4-5-7-16(15)23-3/h4-7,14H,8-13H2,1-3H3. The predicted octanol–water partition coefficient (Wildman–Crippen LogP) is 1.95. The SMILES string of the molecule is COc1ccccc1CCC(=O)N1CCN(C(=O)C(C)C)CC1. The number of nitrogens with zero attached hydrogens (tertiary/aromatic N) is 2. The number of para-hydroxylation sites is 1. The number of aryl methyl sites for hydroxylation is 1. The smallest absolute Gasteiger partial charge is 0.225 e. The molecule has 126 valence electrons. The van der Waals surface area contributed by atoms with E-state index in [4.69, 9.17) is 4.74 Å². The number of hydrogen-bond acceptors (Lipinski definition) is 3. The normalized spacial score (nSPS) is 15.0. The number of hydrogen-bond donors (Lipinski definition) is 0. The maximum absolute atomic E-state index is 12.4. The summed E-state index contributed by atoms with van der Waals surface area (Å²) < 4.78 is 5.32. The van der Waals surface area contributed by atoms with Crippen LogP contribution in [0.15, 0.2) is 24.3 Å². The Hall–Kier alpha value is -2.04. The van der Waals surface area contributed by atoms with Crippen LogP contribution in [0.5, 0.6) is 5.75 Å². The molecule has 2 amide bonds. The molecule has 0 spiro atoms. The van der Waals surface area contributed by atoms with Gasteiger partial charge in [0.2, 0.25) is 11.8 Å². The van der Waals surface area contributed by atoms with Crippen LogP contribution in [0.3, 0.4) is 0 Å². The highest BCUT2D eigenvalue weighted by Gasteiger charge is 2.25. The first-order valence-electron chi connectivity index (χ1n) is 8.21. The Labute approximate surface area is 138 Å². The van der Waals surface area contributed by atoms with Gasteiger partial charge in [-0.3, -0.25) is 9.59 Å². The maximum atomic E-state index is 12.4. The molecule has 0 unspecified atom stereocenters. The van der Waals surface area contributed by atoms with Gasteiger partial charge in [-0.1, -0.05) is 32.0 Å². The first-order valence-corrected chi connectivity index (χ1v) is 8.21. The lowest BCUT2D eigenvalue weighted by Gasteiger charge is -2.35. The number of carbonyl (C=O) groups excluding carboxylic acids is 2. The van der Waals surface area contributed by atoms with Crippen LogP contribution < -0.4 is 4.74 Å². The van der Waals surface area contributed by atoms with Crippen LogP contribution in [0.2, 0.25) is 0 Å². The highest BCUT2D eigenvalue weighted by Crippen LogP contribution is 2.19. The van der Waals surface area contributed by atoms with Crippen molar-refractivity contribution >= 4 is 11.8 Å². The Kier molecular flexibility index (Phi) is 6.02. The monoisotopic (exact) mass is 318 g/mol. The van der Waals surface area contributed by atoms with Crippen LogP contribution in [0.1, 0.15) is 25.8 Å². The molecular weight excluding hydrogens is 292 g/mol. The number of piperazine rings is 1. The highest BCUT2D eigenvalue weighted by molar-refractivity contribution is 5.79. The molecule has 0 saturated carbocycles. The fraction of sp³-hybridized carbons (Fsp3) is 0.556. The molecule has 0 bridgehead atoms. The second-order valence-electron chi connectivity index (χ2n) is 6.17. The topological polar surface area (TPSA) is 49.9 Å². The van der Waals surface area contributed by atoms with Gasteiger partial charge in [-0.2, -0.15) is 0 Å².